The molecule has 4 heterocycles. The number of carbonyl (C=O) groups is 2. The maximum Gasteiger partial charge on any atom is 0.238 e. The summed E-state index contributed by atoms with van der Waals surface area (Å²) in [6.07, 6.45) is 5.33. The lowest BCUT2D eigenvalue weighted by Crippen LogP contribution is -2.41. The van der Waals surface area contributed by atoms with Crippen LogP contribution in [0.5, 0.6) is 0 Å². The molecule has 1 fully saturated rings. The summed E-state index contributed by atoms with van der Waals surface area (Å²) in [5.74, 6) is 1.37. The van der Waals surface area contributed by atoms with Crippen LogP contribution in [-0.2, 0) is 16.0 Å². The van der Waals surface area contributed by atoms with Crippen LogP contribution in [0.15, 0.2) is 45.7 Å². The molecule has 30 heavy (non-hydrogen) atoms. The molecule has 1 saturated heterocycles. The second kappa shape index (κ2) is 8.76. The number of aromatic nitrogens is 3. The van der Waals surface area contributed by atoms with Gasteiger partial charge in [0.1, 0.15) is 5.82 Å². The van der Waals surface area contributed by atoms with Crippen molar-refractivity contribution in [3.05, 3.63) is 42.6 Å². The van der Waals surface area contributed by atoms with Gasteiger partial charge in [0.15, 0.2) is 5.76 Å². The van der Waals surface area contributed by atoms with Gasteiger partial charge in [-0.05, 0) is 37.1 Å². The Bertz CT molecular complexity index is 999. The van der Waals surface area contributed by atoms with Gasteiger partial charge in [-0.1, -0.05) is 5.16 Å². The first-order valence-electron chi connectivity index (χ1n) is 9.75. The van der Waals surface area contributed by atoms with Crippen molar-refractivity contribution in [3.8, 4) is 11.6 Å². The molecule has 3 N–H and O–H groups in total. The fourth-order valence-corrected chi connectivity index (χ4v) is 3.37. The molecule has 1 unspecified atom stereocenters. The van der Waals surface area contributed by atoms with E-state index < -0.39 is 0 Å². The van der Waals surface area contributed by atoms with Crippen LogP contribution in [0.1, 0.15) is 25.2 Å². The summed E-state index contributed by atoms with van der Waals surface area (Å²) < 4.78 is 10.4. The van der Waals surface area contributed by atoms with Gasteiger partial charge < -0.3 is 24.9 Å². The van der Waals surface area contributed by atoms with E-state index in [1.807, 2.05) is 11.0 Å². The molecule has 0 saturated carbocycles. The Hall–Kier alpha value is -3.69. The lowest BCUT2D eigenvalue weighted by Gasteiger charge is -2.32. The number of nitrogens with two attached hydrogens (primary N) is 1. The molecule has 1 aliphatic heterocycles. The maximum atomic E-state index is 12.2. The van der Waals surface area contributed by atoms with Gasteiger partial charge in [0.05, 0.1) is 24.1 Å². The van der Waals surface area contributed by atoms with Crippen LogP contribution in [0.3, 0.4) is 0 Å². The Labute approximate surface area is 172 Å². The molecule has 4 rings (SSSR count). The number of anilines is 2. The van der Waals surface area contributed by atoms with E-state index in [-0.39, 0.29) is 24.2 Å². The Balaban J connectivity index is 1.28. The second-order valence-corrected chi connectivity index (χ2v) is 7.13. The minimum Gasteiger partial charge on any atom is -0.461 e. The standard InChI is InChI=1S/C20H22N6O4/c21-19(28)13-3-1-9-26(12-13)16-6-5-14(11-22-16)23-17(27)7-8-18-24-20(25-30-18)15-4-2-10-29-15/h2,4-6,10-11,13H,1,3,7-9,12H2,(H2,21,28)(H,23,27). The number of primary amides is 1. The van der Waals surface area contributed by atoms with Crippen LogP contribution in [0.4, 0.5) is 11.5 Å². The summed E-state index contributed by atoms with van der Waals surface area (Å²) in [6.45, 7) is 1.39. The lowest BCUT2D eigenvalue weighted by molar-refractivity contribution is -0.122. The lowest BCUT2D eigenvalue weighted by atomic mass is 9.97. The molecule has 0 spiro atoms. The van der Waals surface area contributed by atoms with E-state index >= 15 is 0 Å². The zero-order valence-corrected chi connectivity index (χ0v) is 16.3. The maximum absolute atomic E-state index is 12.2. The number of hydrogen-bond acceptors (Lipinski definition) is 8. The van der Waals surface area contributed by atoms with Crippen LogP contribution in [0.2, 0.25) is 0 Å². The smallest absolute Gasteiger partial charge is 0.238 e. The van der Waals surface area contributed by atoms with Gasteiger partial charge in [-0.3, -0.25) is 9.59 Å². The van der Waals surface area contributed by atoms with Gasteiger partial charge in [-0.25, -0.2) is 4.98 Å². The van der Waals surface area contributed by atoms with E-state index in [0.29, 0.717) is 36.1 Å². The Morgan fingerprint density at radius 1 is 1.30 bits per heavy atom. The fourth-order valence-electron chi connectivity index (χ4n) is 3.37. The number of piperidine rings is 1. The highest BCUT2D eigenvalue weighted by Crippen LogP contribution is 2.22. The quantitative estimate of drug-likeness (QED) is 0.602. The zero-order valence-electron chi connectivity index (χ0n) is 16.3. The minimum atomic E-state index is -0.277. The molecule has 0 aromatic carbocycles. The van der Waals surface area contributed by atoms with E-state index in [1.54, 1.807) is 24.4 Å². The first kappa shape index (κ1) is 19.6. The van der Waals surface area contributed by atoms with Crippen molar-refractivity contribution in [2.24, 2.45) is 11.7 Å². The minimum absolute atomic E-state index is 0.155. The van der Waals surface area contributed by atoms with Crippen LogP contribution in [-0.4, -0.2) is 40.0 Å². The van der Waals surface area contributed by atoms with Crippen LogP contribution in [0.25, 0.3) is 11.6 Å². The summed E-state index contributed by atoms with van der Waals surface area (Å²) in [7, 11) is 0. The van der Waals surface area contributed by atoms with Crippen molar-refractivity contribution in [3.63, 3.8) is 0 Å². The highest BCUT2D eigenvalue weighted by atomic mass is 16.5. The molecular formula is C20H22N6O4. The molecule has 0 aliphatic carbocycles. The Kier molecular flexibility index (Phi) is 5.73. The number of furan rings is 1. The molecule has 0 bridgehead atoms. The number of nitrogens with zero attached hydrogens (tertiary/aromatic N) is 4. The van der Waals surface area contributed by atoms with Crippen molar-refractivity contribution >= 4 is 23.3 Å². The third-order valence-electron chi connectivity index (χ3n) is 4.95. The number of pyridine rings is 1. The number of carbonyl (C=O) groups excluding carboxylic acids is 2. The van der Waals surface area contributed by atoms with E-state index in [9.17, 15) is 9.59 Å². The van der Waals surface area contributed by atoms with Gasteiger partial charge in [-0.2, -0.15) is 4.98 Å². The summed E-state index contributed by atoms with van der Waals surface area (Å²) in [4.78, 5) is 34.3. The first-order chi connectivity index (χ1) is 14.6. The normalized spacial score (nSPS) is 16.4. The molecular weight excluding hydrogens is 388 g/mol. The second-order valence-electron chi connectivity index (χ2n) is 7.13. The molecule has 0 radical (unpaired) electrons. The van der Waals surface area contributed by atoms with Gasteiger partial charge in [0.25, 0.3) is 0 Å². The average Bonchev–Trinajstić information content (AvgIpc) is 3.45. The van der Waals surface area contributed by atoms with Crippen LogP contribution in [0, 0.1) is 5.92 Å². The monoisotopic (exact) mass is 410 g/mol. The average molecular weight is 410 g/mol. The Morgan fingerprint density at radius 2 is 2.20 bits per heavy atom. The van der Waals surface area contributed by atoms with Gasteiger partial charge in [0.2, 0.25) is 23.5 Å². The van der Waals surface area contributed by atoms with Gasteiger partial charge in [0, 0.05) is 25.9 Å². The van der Waals surface area contributed by atoms with E-state index in [4.69, 9.17) is 14.7 Å². The van der Waals surface area contributed by atoms with Crippen molar-refractivity contribution in [2.45, 2.75) is 25.7 Å². The molecule has 10 heteroatoms. The molecule has 1 atom stereocenters. The SMILES string of the molecule is NC(=O)C1CCCN(c2ccc(NC(=O)CCc3nc(-c4ccco4)no3)cn2)C1. The summed E-state index contributed by atoms with van der Waals surface area (Å²) in [5.41, 5.74) is 6.02. The molecule has 3 aromatic rings. The number of nitrogens with one attached hydrogen (secondary N) is 1. The van der Waals surface area contributed by atoms with Crippen molar-refractivity contribution in [2.75, 3.05) is 23.3 Å². The summed E-state index contributed by atoms with van der Waals surface area (Å²) in [5, 5.41) is 6.64. The van der Waals surface area contributed by atoms with Crippen molar-refractivity contribution < 1.29 is 18.5 Å². The zero-order chi connectivity index (χ0) is 20.9. The van der Waals surface area contributed by atoms with Gasteiger partial charge >= 0.3 is 0 Å². The fraction of sp³-hybridized carbons (Fsp3) is 0.350. The highest BCUT2D eigenvalue weighted by molar-refractivity contribution is 5.90. The van der Waals surface area contributed by atoms with E-state index in [1.165, 1.54) is 6.26 Å². The number of hydrogen-bond donors (Lipinski definition) is 2. The predicted molar refractivity (Wildman–Crippen MR) is 107 cm³/mol. The Morgan fingerprint density at radius 3 is 2.93 bits per heavy atom. The molecule has 3 aromatic heterocycles. The van der Waals surface area contributed by atoms with E-state index in [0.717, 1.165) is 25.2 Å². The molecule has 10 nitrogen and oxygen atoms in total. The number of rotatable bonds is 7. The van der Waals surface area contributed by atoms with Crippen LogP contribution < -0.4 is 16.0 Å². The van der Waals surface area contributed by atoms with Crippen molar-refractivity contribution in [1.82, 2.24) is 15.1 Å². The van der Waals surface area contributed by atoms with Crippen molar-refractivity contribution in [1.29, 1.82) is 0 Å². The first-order valence-corrected chi connectivity index (χ1v) is 9.75. The van der Waals surface area contributed by atoms with E-state index in [2.05, 4.69) is 20.4 Å². The number of aryl methyl sites for hydroxylation is 1. The largest absolute Gasteiger partial charge is 0.461 e. The number of amides is 2. The third-order valence-corrected chi connectivity index (χ3v) is 4.95. The summed E-state index contributed by atoms with van der Waals surface area (Å²) in [6, 6.07) is 7.08. The highest BCUT2D eigenvalue weighted by Gasteiger charge is 2.24. The topological polar surface area (TPSA) is 140 Å². The molecule has 2 amide bonds. The third kappa shape index (κ3) is 4.65. The molecule has 156 valence electrons. The molecule has 1 aliphatic rings. The van der Waals surface area contributed by atoms with Crippen LogP contribution >= 0.6 is 0 Å². The predicted octanol–water partition coefficient (Wildman–Crippen LogP) is 2.00. The van der Waals surface area contributed by atoms with Gasteiger partial charge in [-0.15, -0.1) is 0 Å². The summed E-state index contributed by atoms with van der Waals surface area (Å²) >= 11 is 0.